The zero-order chi connectivity index (χ0) is 26.1. The first-order valence-corrected chi connectivity index (χ1v) is 12.5. The van der Waals surface area contributed by atoms with E-state index in [0.717, 1.165) is 35.6 Å². The van der Waals surface area contributed by atoms with E-state index in [9.17, 15) is 19.6 Å². The number of phenols is 1. The Kier molecular flexibility index (Phi) is 9.77. The smallest absolute Gasteiger partial charge is 0.270 e. The lowest BCUT2D eigenvalue weighted by Gasteiger charge is -2.19. The number of carbonyl (C=O) groups is 2. The van der Waals surface area contributed by atoms with Crippen LogP contribution in [0.15, 0.2) is 58.2 Å². The minimum absolute atomic E-state index is 0.0107. The number of nitroso groups, excluding NO2 is 1. The summed E-state index contributed by atoms with van der Waals surface area (Å²) in [6.07, 6.45) is 2.34. The molecule has 190 valence electrons. The third-order valence-corrected chi connectivity index (χ3v) is 6.51. The molecule has 0 aliphatic heterocycles. The van der Waals surface area contributed by atoms with Gasteiger partial charge in [-0.05, 0) is 64.6 Å². The lowest BCUT2D eigenvalue weighted by atomic mass is 10.0. The minimum atomic E-state index is -0.458. The molecule has 36 heavy (non-hydrogen) atoms. The highest BCUT2D eigenvalue weighted by molar-refractivity contribution is 9.10. The van der Waals surface area contributed by atoms with Gasteiger partial charge in [-0.25, -0.2) is 0 Å². The molecule has 10 heteroatoms. The maximum absolute atomic E-state index is 12.6. The topological polar surface area (TPSA) is 129 Å². The number of benzene rings is 3. The Bertz CT molecular complexity index is 1250. The maximum atomic E-state index is 12.6. The van der Waals surface area contributed by atoms with E-state index in [1.165, 1.54) is 13.0 Å². The van der Waals surface area contributed by atoms with Crippen molar-refractivity contribution in [1.29, 1.82) is 0 Å². The summed E-state index contributed by atoms with van der Waals surface area (Å²) in [6.45, 7) is 4.47. The van der Waals surface area contributed by atoms with Gasteiger partial charge in [-0.1, -0.05) is 37.3 Å². The van der Waals surface area contributed by atoms with Gasteiger partial charge in [0.2, 0.25) is 5.91 Å². The van der Waals surface area contributed by atoms with Crippen LogP contribution in [0.2, 0.25) is 0 Å². The normalized spacial score (nSPS) is 11.6. The van der Waals surface area contributed by atoms with E-state index in [-0.39, 0.29) is 23.4 Å². The Labute approximate surface area is 217 Å². The number of unbranched alkanes of at least 4 members (excludes halogenated alkanes) is 1. The number of rotatable bonds is 11. The van der Waals surface area contributed by atoms with Crippen LogP contribution in [-0.2, 0) is 4.79 Å². The molecule has 0 aliphatic carbocycles. The molecule has 2 amide bonds. The predicted molar refractivity (Wildman–Crippen MR) is 142 cm³/mol. The number of amides is 2. The fourth-order valence-corrected chi connectivity index (χ4v) is 4.51. The zero-order valence-electron chi connectivity index (χ0n) is 20.1. The summed E-state index contributed by atoms with van der Waals surface area (Å²) >= 11 is 3.50. The number of fused-ring (bicyclic) bond motifs is 1. The summed E-state index contributed by atoms with van der Waals surface area (Å²) in [6, 6.07) is 13.8. The molecule has 0 heterocycles. The van der Waals surface area contributed by atoms with Gasteiger partial charge in [0.1, 0.15) is 17.2 Å². The van der Waals surface area contributed by atoms with Crippen molar-refractivity contribution in [2.24, 2.45) is 5.18 Å². The van der Waals surface area contributed by atoms with E-state index < -0.39 is 5.91 Å². The number of hydrogen-bond donors (Lipinski definition) is 4. The second-order valence-electron chi connectivity index (χ2n) is 8.22. The SMILES string of the molecule is CC[C@H](NCCCCOc1cc(C(=O)NNC(C)=O)c(Br)c2ccccc12)c1ccc(O)cc1N=O. The Morgan fingerprint density at radius 3 is 2.53 bits per heavy atom. The average Bonchev–Trinajstić information content (AvgIpc) is 2.88. The molecule has 0 unspecified atom stereocenters. The van der Waals surface area contributed by atoms with Gasteiger partial charge in [0, 0.05) is 34.3 Å². The number of phenolic OH excluding ortho intramolecular Hbond substituents is 1. The second kappa shape index (κ2) is 13.0. The van der Waals surface area contributed by atoms with E-state index >= 15 is 0 Å². The van der Waals surface area contributed by atoms with Crippen molar-refractivity contribution in [3.05, 3.63) is 69.0 Å². The summed E-state index contributed by atoms with van der Waals surface area (Å²) < 4.78 is 6.67. The third-order valence-electron chi connectivity index (χ3n) is 5.65. The van der Waals surface area contributed by atoms with Crippen LogP contribution < -0.4 is 20.9 Å². The van der Waals surface area contributed by atoms with Crippen LogP contribution in [0, 0.1) is 4.91 Å². The first-order valence-electron chi connectivity index (χ1n) is 11.7. The molecule has 0 aliphatic rings. The lowest BCUT2D eigenvalue weighted by molar-refractivity contribution is -0.119. The van der Waals surface area contributed by atoms with Gasteiger partial charge in [0.25, 0.3) is 5.91 Å². The van der Waals surface area contributed by atoms with Gasteiger partial charge in [0.15, 0.2) is 0 Å². The van der Waals surface area contributed by atoms with Crippen LogP contribution in [0.3, 0.4) is 0 Å². The van der Waals surface area contributed by atoms with Gasteiger partial charge < -0.3 is 15.2 Å². The second-order valence-corrected chi connectivity index (χ2v) is 9.02. The summed E-state index contributed by atoms with van der Waals surface area (Å²) in [5.74, 6) is -0.246. The number of nitrogens with one attached hydrogen (secondary N) is 3. The Morgan fingerprint density at radius 2 is 1.83 bits per heavy atom. The van der Waals surface area contributed by atoms with Crippen molar-refractivity contribution in [1.82, 2.24) is 16.2 Å². The van der Waals surface area contributed by atoms with Crippen LogP contribution in [0.4, 0.5) is 5.69 Å². The van der Waals surface area contributed by atoms with Crippen LogP contribution in [0.5, 0.6) is 11.5 Å². The number of halogens is 1. The van der Waals surface area contributed by atoms with E-state index in [1.54, 1.807) is 18.2 Å². The molecule has 0 saturated carbocycles. The minimum Gasteiger partial charge on any atom is -0.508 e. The van der Waals surface area contributed by atoms with Gasteiger partial charge in [-0.3, -0.25) is 20.4 Å². The summed E-state index contributed by atoms with van der Waals surface area (Å²) in [5, 5.41) is 17.8. The van der Waals surface area contributed by atoms with E-state index in [0.29, 0.717) is 28.9 Å². The molecule has 3 aromatic carbocycles. The van der Waals surface area contributed by atoms with E-state index in [4.69, 9.17) is 4.74 Å². The lowest BCUT2D eigenvalue weighted by Crippen LogP contribution is -2.40. The number of hydrazine groups is 1. The fourth-order valence-electron chi connectivity index (χ4n) is 3.87. The Hall–Kier alpha value is -3.50. The monoisotopic (exact) mass is 556 g/mol. The van der Waals surface area contributed by atoms with Crippen molar-refractivity contribution in [3.63, 3.8) is 0 Å². The number of aromatic hydroxyl groups is 1. The average molecular weight is 557 g/mol. The molecule has 4 N–H and O–H groups in total. The molecule has 9 nitrogen and oxygen atoms in total. The highest BCUT2D eigenvalue weighted by atomic mass is 79.9. The van der Waals surface area contributed by atoms with E-state index in [1.807, 2.05) is 31.2 Å². The van der Waals surface area contributed by atoms with Gasteiger partial charge in [-0.2, -0.15) is 0 Å². The molecule has 3 aromatic rings. The molecule has 0 bridgehead atoms. The highest BCUT2D eigenvalue weighted by Gasteiger charge is 2.17. The van der Waals surface area contributed by atoms with E-state index in [2.05, 4.69) is 37.3 Å². The molecule has 3 rings (SSSR count). The fraction of sp³-hybridized carbons (Fsp3) is 0.308. The van der Waals surface area contributed by atoms with Crippen molar-refractivity contribution in [2.45, 2.75) is 39.2 Å². The van der Waals surface area contributed by atoms with Gasteiger partial charge in [0.05, 0.1) is 12.2 Å². The molecule has 1 atom stereocenters. The van der Waals surface area contributed by atoms with Crippen molar-refractivity contribution >= 4 is 44.2 Å². The Balaban J connectivity index is 1.61. The molecule has 0 fully saturated rings. The largest absolute Gasteiger partial charge is 0.508 e. The molecule has 0 aromatic heterocycles. The standard InChI is InChI=1S/C26H29BrN4O5/c1-3-22(20-11-10-17(33)14-23(20)31-35)28-12-6-7-13-36-24-15-21(26(34)30-29-16(2)32)25(27)19-9-5-4-8-18(19)24/h4-5,8-11,14-15,22,28,33H,3,6-7,12-13H2,1-2H3,(H,29,32)(H,30,34)/t22-/m0/s1. The summed E-state index contributed by atoms with van der Waals surface area (Å²) in [7, 11) is 0. The van der Waals surface area contributed by atoms with Crippen LogP contribution in [-0.4, -0.2) is 30.1 Å². The number of hydrogen-bond acceptors (Lipinski definition) is 7. The van der Waals surface area contributed by atoms with Crippen LogP contribution in [0.1, 0.15) is 55.1 Å². The summed E-state index contributed by atoms with van der Waals surface area (Å²) in [4.78, 5) is 34.9. The first-order chi connectivity index (χ1) is 17.3. The molecular weight excluding hydrogens is 528 g/mol. The summed E-state index contributed by atoms with van der Waals surface area (Å²) in [5.41, 5.74) is 6.02. The van der Waals surface area contributed by atoms with Crippen molar-refractivity contribution in [2.75, 3.05) is 13.2 Å². The predicted octanol–water partition coefficient (Wildman–Crippen LogP) is 5.39. The highest BCUT2D eigenvalue weighted by Crippen LogP contribution is 2.35. The molecular formula is C26H29BrN4O5. The number of ether oxygens (including phenoxy) is 1. The zero-order valence-corrected chi connectivity index (χ0v) is 21.7. The first kappa shape index (κ1) is 27.1. The van der Waals surface area contributed by atoms with Crippen LogP contribution >= 0.6 is 15.9 Å². The molecule has 0 radical (unpaired) electrons. The quantitative estimate of drug-likeness (QED) is 0.142. The van der Waals surface area contributed by atoms with Crippen LogP contribution in [0.25, 0.3) is 10.8 Å². The van der Waals surface area contributed by atoms with Crippen molar-refractivity contribution in [3.8, 4) is 11.5 Å². The molecule has 0 spiro atoms. The Morgan fingerprint density at radius 1 is 1.08 bits per heavy atom. The third kappa shape index (κ3) is 6.79. The number of carbonyl (C=O) groups excluding carboxylic acids is 2. The maximum Gasteiger partial charge on any atom is 0.270 e. The molecule has 0 saturated heterocycles. The van der Waals surface area contributed by atoms with Gasteiger partial charge >= 0.3 is 0 Å². The van der Waals surface area contributed by atoms with Crippen molar-refractivity contribution < 1.29 is 19.4 Å². The van der Waals surface area contributed by atoms with Gasteiger partial charge in [-0.15, -0.1) is 4.91 Å². The number of nitrogens with zero attached hydrogens (tertiary/aromatic N) is 1.